The molecule has 1 amide bonds. The van der Waals surface area contributed by atoms with Crippen molar-refractivity contribution in [1.82, 2.24) is 5.32 Å². The standard InChI is InChI=1S/C72H121NO13/c1-3-5-7-9-11-13-15-17-19-21-22-23-24-25-26-27-28-29-30-31-32-33-34-35-36-37-38-40-42-44-46-48-50-52-54-56-64(77)73-60(61(76)55-53-51-49-47-45-43-41-39-20-18-16-14-12-10-8-6-4-2)59-83-71-69(82)67(80)70(63(58-75)85-71)86-72-68(81)66(79)65(78)62(57-74)84-72/h5,7,11,13,17,19-20,22-23,25-26,28-29,31-32,39,45,47,53,55,60-63,65-72,74-76,78-82H,3-4,6,8-10,12,14-16,18,21,24,27,30,33-38,40-44,46,48-52,54,56-59H2,1-2H3,(H,73,77)/b7-5-,13-11-,19-17-,23-22-,26-25-,29-28-,32-31-,39-20+,47-45+,55-53+. The van der Waals surface area contributed by atoms with Gasteiger partial charge in [0.2, 0.25) is 5.91 Å². The van der Waals surface area contributed by atoms with Crippen LogP contribution in [0.25, 0.3) is 0 Å². The zero-order valence-electron chi connectivity index (χ0n) is 53.3. The second-order valence-electron chi connectivity index (χ2n) is 23.2. The molecule has 2 heterocycles. The van der Waals surface area contributed by atoms with Gasteiger partial charge in [0.15, 0.2) is 12.6 Å². The van der Waals surface area contributed by atoms with E-state index in [4.69, 9.17) is 18.9 Å². The summed E-state index contributed by atoms with van der Waals surface area (Å²) in [7, 11) is 0. The molecule has 492 valence electrons. The molecule has 0 aliphatic carbocycles. The topological polar surface area (TPSA) is 228 Å². The zero-order chi connectivity index (χ0) is 62.3. The first-order valence-electron chi connectivity index (χ1n) is 33.8. The van der Waals surface area contributed by atoms with Crippen LogP contribution in [0.3, 0.4) is 0 Å². The number of nitrogens with one attached hydrogen (secondary N) is 1. The maximum Gasteiger partial charge on any atom is 0.220 e. The van der Waals surface area contributed by atoms with Gasteiger partial charge in [-0.15, -0.1) is 0 Å². The van der Waals surface area contributed by atoms with Crippen LogP contribution in [-0.4, -0.2) is 140 Å². The van der Waals surface area contributed by atoms with Crippen LogP contribution >= 0.6 is 0 Å². The van der Waals surface area contributed by atoms with Crippen molar-refractivity contribution < 1.29 is 64.6 Å². The van der Waals surface area contributed by atoms with Crippen LogP contribution in [0.5, 0.6) is 0 Å². The van der Waals surface area contributed by atoms with Crippen LogP contribution in [0, 0.1) is 0 Å². The third-order valence-electron chi connectivity index (χ3n) is 15.6. The van der Waals surface area contributed by atoms with Crippen molar-refractivity contribution in [2.45, 2.75) is 306 Å². The van der Waals surface area contributed by atoms with Gasteiger partial charge >= 0.3 is 0 Å². The zero-order valence-corrected chi connectivity index (χ0v) is 53.3. The Bertz CT molecular complexity index is 1910. The third kappa shape index (κ3) is 39.4. The Labute approximate surface area is 520 Å². The molecule has 0 radical (unpaired) electrons. The van der Waals surface area contributed by atoms with Crippen molar-refractivity contribution in [2.24, 2.45) is 0 Å². The van der Waals surface area contributed by atoms with Crippen molar-refractivity contribution in [3.8, 4) is 0 Å². The number of ether oxygens (including phenoxy) is 4. The molecule has 0 spiro atoms. The summed E-state index contributed by atoms with van der Waals surface area (Å²) in [4.78, 5) is 13.3. The number of amides is 1. The first-order valence-corrected chi connectivity index (χ1v) is 33.8. The predicted octanol–water partition coefficient (Wildman–Crippen LogP) is 13.3. The Morgan fingerprint density at radius 2 is 0.814 bits per heavy atom. The molecule has 14 heteroatoms. The first-order chi connectivity index (χ1) is 42.1. The number of unbranched alkanes of at least 4 members (excludes halogenated alkanes) is 22. The Kier molecular flexibility index (Phi) is 50.6. The monoisotopic (exact) mass is 1210 g/mol. The van der Waals surface area contributed by atoms with Gasteiger partial charge in [-0.2, -0.15) is 0 Å². The molecule has 0 aromatic carbocycles. The molecule has 14 nitrogen and oxygen atoms in total. The molecular weight excluding hydrogens is 1090 g/mol. The number of rotatable bonds is 53. The number of hydrogen-bond acceptors (Lipinski definition) is 13. The number of carbonyl (C=O) groups is 1. The van der Waals surface area contributed by atoms with Crippen LogP contribution < -0.4 is 5.32 Å². The van der Waals surface area contributed by atoms with Crippen LogP contribution in [0.2, 0.25) is 0 Å². The SMILES string of the molecule is CC/C=C\C/C=C\C/C=C\C/C=C\C/C=C\C/C=C\C/C=C\CCCCCCCCCCCCCCCC(=O)NC(COC1OC(CO)C(OC2OC(CO)C(O)C(O)C2O)C(O)C1O)C(O)/C=C/CC/C=C/CC/C=C/CCCCCCCCC. The number of aliphatic hydroxyl groups excluding tert-OH is 8. The van der Waals surface area contributed by atoms with Gasteiger partial charge in [-0.3, -0.25) is 4.79 Å². The van der Waals surface area contributed by atoms with Gasteiger partial charge in [0.1, 0.15) is 48.8 Å². The van der Waals surface area contributed by atoms with E-state index in [1.807, 2.05) is 6.08 Å². The fourth-order valence-electron chi connectivity index (χ4n) is 10.2. The molecule has 2 aliphatic rings. The van der Waals surface area contributed by atoms with Crippen LogP contribution in [-0.2, 0) is 23.7 Å². The average Bonchev–Trinajstić information content (AvgIpc) is 2.46. The maximum absolute atomic E-state index is 13.3. The van der Waals surface area contributed by atoms with E-state index in [1.165, 1.54) is 103 Å². The van der Waals surface area contributed by atoms with E-state index in [-0.39, 0.29) is 18.9 Å². The summed E-state index contributed by atoms with van der Waals surface area (Å²) in [6.45, 7) is 2.65. The fraction of sp³-hybridized carbons (Fsp3) is 0.708. The van der Waals surface area contributed by atoms with Crippen LogP contribution in [0.4, 0.5) is 0 Å². The molecule has 2 aliphatic heterocycles. The third-order valence-corrected chi connectivity index (χ3v) is 15.6. The number of allylic oxidation sites excluding steroid dienone is 19. The molecule has 86 heavy (non-hydrogen) atoms. The smallest absolute Gasteiger partial charge is 0.220 e. The van der Waals surface area contributed by atoms with Gasteiger partial charge in [0.05, 0.1) is 32.0 Å². The van der Waals surface area contributed by atoms with Gasteiger partial charge in [0.25, 0.3) is 0 Å². The largest absolute Gasteiger partial charge is 0.394 e. The second-order valence-corrected chi connectivity index (χ2v) is 23.2. The minimum atomic E-state index is -1.80. The van der Waals surface area contributed by atoms with Crippen molar-refractivity contribution >= 4 is 5.91 Å². The number of carbonyl (C=O) groups excluding carboxylic acids is 1. The van der Waals surface area contributed by atoms with E-state index in [2.05, 4.69) is 129 Å². The van der Waals surface area contributed by atoms with Gasteiger partial charge in [-0.05, 0) is 103 Å². The maximum atomic E-state index is 13.3. The minimum Gasteiger partial charge on any atom is -0.394 e. The quantitative estimate of drug-likeness (QED) is 0.0204. The molecule has 0 aromatic rings. The van der Waals surface area contributed by atoms with E-state index in [9.17, 15) is 45.6 Å². The Balaban J connectivity index is 1.67. The normalized spacial score (nSPS) is 24.2. The molecule has 9 N–H and O–H groups in total. The van der Waals surface area contributed by atoms with Crippen molar-refractivity contribution in [2.75, 3.05) is 19.8 Å². The number of hydrogen-bond donors (Lipinski definition) is 9. The first kappa shape index (κ1) is 78.5. The van der Waals surface area contributed by atoms with E-state index in [1.54, 1.807) is 6.08 Å². The molecule has 0 saturated carbocycles. The van der Waals surface area contributed by atoms with E-state index >= 15 is 0 Å². The fourth-order valence-corrected chi connectivity index (χ4v) is 10.2. The Morgan fingerprint density at radius 1 is 0.430 bits per heavy atom. The molecule has 2 rings (SSSR count). The van der Waals surface area contributed by atoms with Crippen LogP contribution in [0.15, 0.2) is 122 Å². The molecule has 12 unspecified atom stereocenters. The summed E-state index contributed by atoms with van der Waals surface area (Å²) < 4.78 is 22.8. The summed E-state index contributed by atoms with van der Waals surface area (Å²) in [6.07, 6.45) is 63.9. The predicted molar refractivity (Wildman–Crippen MR) is 350 cm³/mol. The molecule has 2 fully saturated rings. The summed E-state index contributed by atoms with van der Waals surface area (Å²) in [5.41, 5.74) is 0. The minimum absolute atomic E-state index is 0.259. The molecule has 12 atom stereocenters. The van der Waals surface area contributed by atoms with Gasteiger partial charge < -0.3 is 65.1 Å². The lowest BCUT2D eigenvalue weighted by Crippen LogP contribution is -2.65. The van der Waals surface area contributed by atoms with Crippen molar-refractivity contribution in [3.63, 3.8) is 0 Å². The lowest BCUT2D eigenvalue weighted by molar-refractivity contribution is -0.359. The Hall–Kier alpha value is -3.61. The molecule has 0 bridgehead atoms. The van der Waals surface area contributed by atoms with Gasteiger partial charge in [-0.1, -0.05) is 245 Å². The summed E-state index contributed by atoms with van der Waals surface area (Å²) >= 11 is 0. The van der Waals surface area contributed by atoms with Gasteiger partial charge in [-0.25, -0.2) is 0 Å². The van der Waals surface area contributed by atoms with Crippen molar-refractivity contribution in [1.29, 1.82) is 0 Å². The number of aliphatic hydroxyl groups is 8. The average molecular weight is 1210 g/mol. The summed E-state index contributed by atoms with van der Waals surface area (Å²) in [6, 6.07) is -0.946. The summed E-state index contributed by atoms with van der Waals surface area (Å²) in [5, 5.41) is 87.2. The Morgan fingerprint density at radius 3 is 1.28 bits per heavy atom. The van der Waals surface area contributed by atoms with E-state index < -0.39 is 86.8 Å². The lowest BCUT2D eigenvalue weighted by Gasteiger charge is -2.46. The molecular formula is C72H121NO13. The van der Waals surface area contributed by atoms with Crippen molar-refractivity contribution in [3.05, 3.63) is 122 Å². The second kappa shape index (κ2) is 55.5. The van der Waals surface area contributed by atoms with E-state index in [0.29, 0.717) is 12.8 Å². The molecule has 0 aromatic heterocycles. The van der Waals surface area contributed by atoms with Crippen LogP contribution in [0.1, 0.15) is 232 Å². The highest BCUT2D eigenvalue weighted by atomic mass is 16.7. The summed E-state index contributed by atoms with van der Waals surface area (Å²) in [5.74, 6) is -0.259. The molecule has 2 saturated heterocycles. The van der Waals surface area contributed by atoms with Gasteiger partial charge in [0, 0.05) is 6.42 Å². The lowest BCUT2D eigenvalue weighted by atomic mass is 9.97. The van der Waals surface area contributed by atoms with E-state index in [0.717, 1.165) is 96.3 Å². The highest BCUT2D eigenvalue weighted by Gasteiger charge is 2.51. The highest BCUT2D eigenvalue weighted by molar-refractivity contribution is 5.76. The highest BCUT2D eigenvalue weighted by Crippen LogP contribution is 2.30.